The molecule has 0 aromatic carbocycles. The molecule has 0 saturated heterocycles. The van der Waals surface area contributed by atoms with Gasteiger partial charge >= 0.3 is 6.09 Å². The second kappa shape index (κ2) is 4.90. The lowest BCUT2D eigenvalue weighted by atomic mass is 10.2. The Hall–Kier alpha value is -0.990. The normalized spacial score (nSPS) is 10.8. The molecule has 3 heteroatoms. The maximum atomic E-state index is 11.1. The van der Waals surface area contributed by atoms with Gasteiger partial charge in [-0.15, -0.1) is 0 Å². The molecule has 0 heterocycles. The molecule has 0 saturated carbocycles. The fraction of sp³-hybridized carbons (Fsp3) is 0.700. The molecule has 0 radical (unpaired) electrons. The number of hydrogen-bond acceptors (Lipinski definition) is 2. The van der Waals surface area contributed by atoms with Gasteiger partial charge in [-0.1, -0.05) is 19.1 Å². The zero-order valence-electron chi connectivity index (χ0n) is 8.94. The number of nitrogens with one attached hydrogen (secondary N) is 1. The monoisotopic (exact) mass is 185 g/mol. The molecule has 0 aliphatic rings. The van der Waals surface area contributed by atoms with E-state index in [-0.39, 0.29) is 6.09 Å². The first-order chi connectivity index (χ1) is 5.85. The van der Waals surface area contributed by atoms with Gasteiger partial charge in [0, 0.05) is 6.54 Å². The van der Waals surface area contributed by atoms with Gasteiger partial charge in [0.25, 0.3) is 0 Å². The molecule has 0 spiro atoms. The Bertz CT molecular complexity index is 192. The largest absolute Gasteiger partial charge is 0.444 e. The minimum absolute atomic E-state index is 0.387. The number of carbonyl (C=O) groups excluding carboxylic acids is 1. The summed E-state index contributed by atoms with van der Waals surface area (Å²) in [5.41, 5.74) is 0.559. The molecule has 1 amide bonds. The summed E-state index contributed by atoms with van der Waals surface area (Å²) < 4.78 is 5.04. The Labute approximate surface area is 80.2 Å². The lowest BCUT2D eigenvalue weighted by Crippen LogP contribution is -2.33. The molecule has 0 aromatic heterocycles. The van der Waals surface area contributed by atoms with E-state index in [1.807, 2.05) is 27.7 Å². The van der Waals surface area contributed by atoms with Gasteiger partial charge in [-0.05, 0) is 27.2 Å². The van der Waals surface area contributed by atoms with Crippen molar-refractivity contribution in [1.29, 1.82) is 0 Å². The second-order valence-corrected chi connectivity index (χ2v) is 3.96. The number of hydrogen-bond donors (Lipinski definition) is 1. The minimum atomic E-state index is -0.433. The van der Waals surface area contributed by atoms with Gasteiger partial charge in [-0.3, -0.25) is 0 Å². The van der Waals surface area contributed by atoms with Crippen molar-refractivity contribution < 1.29 is 9.53 Å². The molecule has 0 fully saturated rings. The molecule has 13 heavy (non-hydrogen) atoms. The third-order valence-electron chi connectivity index (χ3n) is 1.38. The van der Waals surface area contributed by atoms with E-state index in [9.17, 15) is 4.79 Å². The van der Waals surface area contributed by atoms with Crippen LogP contribution in [0.3, 0.4) is 0 Å². The summed E-state index contributed by atoms with van der Waals surface area (Å²) in [5, 5.41) is 2.63. The predicted molar refractivity (Wildman–Crippen MR) is 53.7 cm³/mol. The van der Waals surface area contributed by atoms with Gasteiger partial charge in [0.1, 0.15) is 5.60 Å². The molecular weight excluding hydrogens is 166 g/mol. The van der Waals surface area contributed by atoms with Crippen molar-refractivity contribution in [3.05, 3.63) is 12.2 Å². The Kier molecular flexibility index (Phi) is 4.52. The van der Waals surface area contributed by atoms with Gasteiger partial charge in [-0.25, -0.2) is 4.79 Å². The maximum Gasteiger partial charge on any atom is 0.407 e. The van der Waals surface area contributed by atoms with Gasteiger partial charge in [-0.2, -0.15) is 0 Å². The number of ether oxygens (including phenoxy) is 1. The van der Waals surface area contributed by atoms with E-state index in [2.05, 4.69) is 11.9 Å². The molecule has 0 aromatic rings. The lowest BCUT2D eigenvalue weighted by molar-refractivity contribution is 0.0532. The Morgan fingerprint density at radius 2 is 2.00 bits per heavy atom. The van der Waals surface area contributed by atoms with Gasteiger partial charge in [0.05, 0.1) is 0 Å². The smallest absolute Gasteiger partial charge is 0.407 e. The van der Waals surface area contributed by atoms with E-state index < -0.39 is 5.60 Å². The van der Waals surface area contributed by atoms with Crippen LogP contribution in [0.2, 0.25) is 0 Å². The highest BCUT2D eigenvalue weighted by Gasteiger charge is 2.15. The highest BCUT2D eigenvalue weighted by atomic mass is 16.6. The van der Waals surface area contributed by atoms with Gasteiger partial charge in [0.2, 0.25) is 0 Å². The number of amides is 1. The van der Waals surface area contributed by atoms with Crippen LogP contribution in [0.4, 0.5) is 4.79 Å². The van der Waals surface area contributed by atoms with Crippen molar-refractivity contribution in [1.82, 2.24) is 5.32 Å². The fourth-order valence-corrected chi connectivity index (χ4v) is 0.636. The van der Waals surface area contributed by atoms with Crippen molar-refractivity contribution in [2.24, 2.45) is 0 Å². The number of alkyl carbamates (subject to hydrolysis) is 1. The summed E-state index contributed by atoms with van der Waals surface area (Å²) in [6, 6.07) is 0. The zero-order chi connectivity index (χ0) is 10.5. The third-order valence-corrected chi connectivity index (χ3v) is 1.38. The van der Waals surface area contributed by atoms with Crippen LogP contribution in [-0.2, 0) is 4.74 Å². The number of rotatable bonds is 3. The molecular formula is C10H19NO2. The summed E-state index contributed by atoms with van der Waals surface area (Å²) in [7, 11) is 0. The molecule has 0 rings (SSSR count). The zero-order valence-corrected chi connectivity index (χ0v) is 8.94. The standard InChI is InChI=1S/C10H19NO2/c1-6-8(2)7-11-9(12)13-10(3,4)5/h2,6-7H2,1,3-5H3,(H,11,12). The molecule has 3 nitrogen and oxygen atoms in total. The van der Waals surface area contributed by atoms with E-state index in [1.165, 1.54) is 0 Å². The van der Waals surface area contributed by atoms with E-state index in [4.69, 9.17) is 4.74 Å². The quantitative estimate of drug-likeness (QED) is 0.686. The Morgan fingerprint density at radius 1 is 1.46 bits per heavy atom. The van der Waals surface area contributed by atoms with Crippen molar-refractivity contribution >= 4 is 6.09 Å². The van der Waals surface area contributed by atoms with Crippen molar-refractivity contribution in [2.75, 3.05) is 6.54 Å². The van der Waals surface area contributed by atoms with Crippen LogP contribution in [-0.4, -0.2) is 18.2 Å². The van der Waals surface area contributed by atoms with Gasteiger partial charge < -0.3 is 10.1 Å². The molecule has 0 unspecified atom stereocenters. The van der Waals surface area contributed by atoms with E-state index in [0.29, 0.717) is 6.54 Å². The van der Waals surface area contributed by atoms with E-state index >= 15 is 0 Å². The van der Waals surface area contributed by atoms with Crippen molar-refractivity contribution in [3.8, 4) is 0 Å². The average molecular weight is 185 g/mol. The Balaban J connectivity index is 3.71. The van der Waals surface area contributed by atoms with Crippen molar-refractivity contribution in [3.63, 3.8) is 0 Å². The topological polar surface area (TPSA) is 38.3 Å². The van der Waals surface area contributed by atoms with Crippen molar-refractivity contribution in [2.45, 2.75) is 39.7 Å². The third kappa shape index (κ3) is 7.37. The first-order valence-electron chi connectivity index (χ1n) is 4.48. The molecule has 0 aliphatic carbocycles. The summed E-state index contributed by atoms with van der Waals surface area (Å²) >= 11 is 0. The van der Waals surface area contributed by atoms with Crippen LogP contribution in [0, 0.1) is 0 Å². The summed E-state index contributed by atoms with van der Waals surface area (Å²) in [4.78, 5) is 11.1. The SMILES string of the molecule is C=C(CC)CNC(=O)OC(C)(C)C. The average Bonchev–Trinajstić information content (AvgIpc) is 1.97. The molecule has 0 aliphatic heterocycles. The fourth-order valence-electron chi connectivity index (χ4n) is 0.636. The van der Waals surface area contributed by atoms with E-state index in [0.717, 1.165) is 12.0 Å². The van der Waals surface area contributed by atoms with Crippen LogP contribution < -0.4 is 5.32 Å². The molecule has 76 valence electrons. The van der Waals surface area contributed by atoms with Crippen LogP contribution in [0.1, 0.15) is 34.1 Å². The first-order valence-corrected chi connectivity index (χ1v) is 4.48. The van der Waals surface area contributed by atoms with E-state index in [1.54, 1.807) is 0 Å². The highest BCUT2D eigenvalue weighted by molar-refractivity contribution is 5.67. The molecule has 0 bridgehead atoms. The molecule has 0 atom stereocenters. The van der Waals surface area contributed by atoms with Crippen LogP contribution in [0.15, 0.2) is 12.2 Å². The second-order valence-electron chi connectivity index (χ2n) is 3.96. The summed E-state index contributed by atoms with van der Waals surface area (Å²) in [6.07, 6.45) is 0.484. The highest BCUT2D eigenvalue weighted by Crippen LogP contribution is 2.06. The first kappa shape index (κ1) is 12.0. The van der Waals surface area contributed by atoms with Crippen LogP contribution in [0.25, 0.3) is 0 Å². The summed E-state index contributed by atoms with van der Waals surface area (Å²) in [6.45, 7) is 11.8. The van der Waals surface area contributed by atoms with Crippen LogP contribution >= 0.6 is 0 Å². The van der Waals surface area contributed by atoms with Gasteiger partial charge in [0.15, 0.2) is 0 Å². The summed E-state index contributed by atoms with van der Waals surface area (Å²) in [5.74, 6) is 0. The lowest BCUT2D eigenvalue weighted by Gasteiger charge is -2.19. The molecule has 1 N–H and O–H groups in total. The predicted octanol–water partition coefficient (Wildman–Crippen LogP) is 2.48. The number of carbonyl (C=O) groups is 1. The Morgan fingerprint density at radius 3 is 2.38 bits per heavy atom. The minimum Gasteiger partial charge on any atom is -0.444 e. The maximum absolute atomic E-state index is 11.1. The van der Waals surface area contributed by atoms with Crippen LogP contribution in [0.5, 0.6) is 0 Å².